The predicted molar refractivity (Wildman–Crippen MR) is 177 cm³/mol. The van der Waals surface area contributed by atoms with E-state index in [1.54, 1.807) is 30.5 Å². The minimum absolute atomic E-state index is 0.226. The van der Waals surface area contributed by atoms with Crippen molar-refractivity contribution in [2.45, 2.75) is 44.6 Å². The number of H-pyrrole nitrogens is 1. The van der Waals surface area contributed by atoms with Crippen LogP contribution in [-0.2, 0) is 16.0 Å². The SMILES string of the molecule is CN(C)CCCOc1ccc(-c2ccc(C[C@H](N)C(=O)N(C(=O)C3CCC(CN)CC3)c3ccc(-c4nn[nH]n4)cc3)cc2)cn1. The highest BCUT2D eigenvalue weighted by Crippen LogP contribution is 2.32. The number of nitrogens with one attached hydrogen (secondary N) is 1. The van der Waals surface area contributed by atoms with Crippen LogP contribution in [-0.4, -0.2) is 82.2 Å². The Morgan fingerprint density at radius 1 is 0.957 bits per heavy atom. The number of imide groups is 1. The van der Waals surface area contributed by atoms with Crippen molar-refractivity contribution in [3.8, 4) is 28.4 Å². The summed E-state index contributed by atoms with van der Waals surface area (Å²) >= 11 is 0. The van der Waals surface area contributed by atoms with Crippen molar-refractivity contribution in [2.75, 3.05) is 38.7 Å². The van der Waals surface area contributed by atoms with Gasteiger partial charge in [-0.05, 0) is 112 Å². The molecule has 2 amide bonds. The molecule has 242 valence electrons. The summed E-state index contributed by atoms with van der Waals surface area (Å²) in [5.74, 6) is 0.501. The number of nitrogens with two attached hydrogens (primary N) is 2. The average molecular weight is 626 g/mol. The molecule has 12 heteroatoms. The summed E-state index contributed by atoms with van der Waals surface area (Å²) < 4.78 is 5.75. The van der Waals surface area contributed by atoms with Crippen LogP contribution in [0.3, 0.4) is 0 Å². The first-order valence-electron chi connectivity index (χ1n) is 15.8. The van der Waals surface area contributed by atoms with Crippen molar-refractivity contribution in [3.63, 3.8) is 0 Å². The Morgan fingerprint density at radius 3 is 2.26 bits per heavy atom. The fourth-order valence-electron chi connectivity index (χ4n) is 5.77. The molecule has 2 aromatic heterocycles. The average Bonchev–Trinajstić information content (AvgIpc) is 3.63. The summed E-state index contributed by atoms with van der Waals surface area (Å²) in [6, 6.07) is 17.8. The van der Waals surface area contributed by atoms with Gasteiger partial charge in [0.15, 0.2) is 0 Å². The van der Waals surface area contributed by atoms with Gasteiger partial charge in [-0.1, -0.05) is 24.3 Å². The van der Waals surface area contributed by atoms with Gasteiger partial charge in [0.25, 0.3) is 5.91 Å². The van der Waals surface area contributed by atoms with Crippen LogP contribution in [0.25, 0.3) is 22.5 Å². The quantitative estimate of drug-likeness (QED) is 0.187. The van der Waals surface area contributed by atoms with Crippen LogP contribution in [0.4, 0.5) is 5.69 Å². The number of carbonyl (C=O) groups is 2. The Balaban J connectivity index is 1.26. The second-order valence-electron chi connectivity index (χ2n) is 12.1. The maximum atomic E-state index is 13.9. The highest BCUT2D eigenvalue weighted by Gasteiger charge is 2.35. The van der Waals surface area contributed by atoms with Gasteiger partial charge in [0, 0.05) is 35.9 Å². The highest BCUT2D eigenvalue weighted by atomic mass is 16.5. The molecule has 0 spiro atoms. The third kappa shape index (κ3) is 8.39. The fraction of sp³-hybridized carbons (Fsp3) is 0.412. The number of aromatic amines is 1. The number of anilines is 1. The second kappa shape index (κ2) is 15.7. The van der Waals surface area contributed by atoms with E-state index in [1.165, 1.54) is 4.90 Å². The monoisotopic (exact) mass is 625 g/mol. The molecule has 0 aliphatic heterocycles. The number of aromatic nitrogens is 5. The lowest BCUT2D eigenvalue weighted by Gasteiger charge is -2.32. The summed E-state index contributed by atoms with van der Waals surface area (Å²) in [7, 11) is 4.07. The van der Waals surface area contributed by atoms with Crippen LogP contribution < -0.4 is 21.1 Å². The number of rotatable bonds is 13. The Labute approximate surface area is 269 Å². The molecule has 46 heavy (non-hydrogen) atoms. The summed E-state index contributed by atoms with van der Waals surface area (Å²) in [6.45, 7) is 2.18. The molecule has 5 rings (SSSR count). The number of amides is 2. The van der Waals surface area contributed by atoms with Crippen molar-refractivity contribution in [1.82, 2.24) is 30.5 Å². The zero-order valence-corrected chi connectivity index (χ0v) is 26.5. The summed E-state index contributed by atoms with van der Waals surface area (Å²) in [4.78, 5) is 35.6. The molecule has 2 aromatic carbocycles. The lowest BCUT2D eigenvalue weighted by molar-refractivity contribution is -0.130. The van der Waals surface area contributed by atoms with Crippen molar-refractivity contribution in [2.24, 2.45) is 23.3 Å². The van der Waals surface area contributed by atoms with Gasteiger partial charge in [-0.25, -0.2) is 9.88 Å². The number of tetrazole rings is 1. The second-order valence-corrected chi connectivity index (χ2v) is 12.1. The van der Waals surface area contributed by atoms with Gasteiger partial charge in [-0.2, -0.15) is 5.21 Å². The molecular weight excluding hydrogens is 582 g/mol. The molecule has 1 aliphatic rings. The number of hydrogen-bond acceptors (Lipinski definition) is 10. The summed E-state index contributed by atoms with van der Waals surface area (Å²) in [5.41, 5.74) is 16.4. The molecule has 1 fully saturated rings. The number of ether oxygens (including phenoxy) is 1. The first kappa shape index (κ1) is 32.9. The minimum atomic E-state index is -0.919. The number of benzene rings is 2. The predicted octanol–water partition coefficient (Wildman–Crippen LogP) is 3.45. The van der Waals surface area contributed by atoms with Crippen molar-refractivity contribution < 1.29 is 14.3 Å². The number of carbonyl (C=O) groups excluding carboxylic acids is 2. The van der Waals surface area contributed by atoms with E-state index in [0.29, 0.717) is 54.9 Å². The van der Waals surface area contributed by atoms with E-state index in [-0.39, 0.29) is 18.2 Å². The van der Waals surface area contributed by atoms with Crippen molar-refractivity contribution >= 4 is 17.5 Å². The van der Waals surface area contributed by atoms with Crippen LogP contribution in [0.2, 0.25) is 0 Å². The topological polar surface area (TPSA) is 169 Å². The molecule has 0 unspecified atom stereocenters. The number of hydrogen-bond donors (Lipinski definition) is 3. The van der Waals surface area contributed by atoms with E-state index >= 15 is 0 Å². The molecule has 0 bridgehead atoms. The molecule has 4 aromatic rings. The number of pyridine rings is 1. The maximum Gasteiger partial charge on any atom is 0.251 e. The van der Waals surface area contributed by atoms with E-state index in [1.807, 2.05) is 50.5 Å². The standard InChI is InChI=1S/C34H43N9O3/c1-42(2)18-3-19-46-31-17-14-28(22-37-31)25-8-4-23(5-9-25)20-30(36)34(45)43(33(44)27-10-6-24(21-35)7-11-27)29-15-12-26(13-16-29)32-38-40-41-39-32/h4-5,8-9,12-17,22,24,27,30H,3,6-7,10-11,18-21,35-36H2,1-2H3,(H,38,39,40,41)/t24?,27?,30-/m0/s1. The molecule has 0 saturated heterocycles. The Hall–Kier alpha value is -4.52. The van der Waals surface area contributed by atoms with Gasteiger partial charge >= 0.3 is 0 Å². The van der Waals surface area contributed by atoms with E-state index < -0.39 is 11.9 Å². The molecule has 0 radical (unpaired) electrons. The number of nitrogens with zero attached hydrogens (tertiary/aromatic N) is 6. The summed E-state index contributed by atoms with van der Waals surface area (Å²) in [5, 5.41) is 14.1. The van der Waals surface area contributed by atoms with Crippen molar-refractivity contribution in [1.29, 1.82) is 0 Å². The third-order valence-corrected chi connectivity index (χ3v) is 8.50. The molecule has 1 saturated carbocycles. The molecule has 12 nitrogen and oxygen atoms in total. The Morgan fingerprint density at radius 2 is 1.65 bits per heavy atom. The van der Waals surface area contributed by atoms with Gasteiger partial charge in [-0.15, -0.1) is 10.2 Å². The smallest absolute Gasteiger partial charge is 0.251 e. The van der Waals surface area contributed by atoms with Crippen LogP contribution in [0.15, 0.2) is 66.9 Å². The molecule has 2 heterocycles. The molecule has 1 aliphatic carbocycles. The highest BCUT2D eigenvalue weighted by molar-refractivity contribution is 6.17. The first-order valence-corrected chi connectivity index (χ1v) is 15.8. The lowest BCUT2D eigenvalue weighted by atomic mass is 9.81. The van der Waals surface area contributed by atoms with E-state index in [2.05, 4.69) is 30.5 Å². The van der Waals surface area contributed by atoms with Gasteiger partial charge < -0.3 is 21.1 Å². The third-order valence-electron chi connectivity index (χ3n) is 8.50. The minimum Gasteiger partial charge on any atom is -0.478 e. The van der Waals surface area contributed by atoms with Gasteiger partial charge in [0.1, 0.15) is 0 Å². The van der Waals surface area contributed by atoms with E-state index in [9.17, 15) is 9.59 Å². The van der Waals surface area contributed by atoms with Crippen LogP contribution in [0.5, 0.6) is 5.88 Å². The Bertz CT molecular complexity index is 1530. The molecule has 1 atom stereocenters. The Kier molecular flexibility index (Phi) is 11.2. The molecular formula is C34H43N9O3. The first-order chi connectivity index (χ1) is 22.3. The van der Waals surface area contributed by atoms with Gasteiger partial charge in [0.2, 0.25) is 17.6 Å². The molecule has 5 N–H and O–H groups in total. The zero-order valence-electron chi connectivity index (χ0n) is 26.5. The summed E-state index contributed by atoms with van der Waals surface area (Å²) in [6.07, 6.45) is 6.12. The normalized spacial score (nSPS) is 17.1. The van der Waals surface area contributed by atoms with E-state index in [4.69, 9.17) is 16.2 Å². The van der Waals surface area contributed by atoms with Gasteiger partial charge in [-0.3, -0.25) is 9.59 Å². The van der Waals surface area contributed by atoms with Crippen LogP contribution in [0, 0.1) is 11.8 Å². The largest absolute Gasteiger partial charge is 0.478 e. The van der Waals surface area contributed by atoms with Gasteiger partial charge in [0.05, 0.1) is 18.3 Å². The van der Waals surface area contributed by atoms with Crippen molar-refractivity contribution in [3.05, 3.63) is 72.4 Å². The lowest BCUT2D eigenvalue weighted by Crippen LogP contribution is -2.50. The maximum absolute atomic E-state index is 13.9. The fourth-order valence-corrected chi connectivity index (χ4v) is 5.77. The van der Waals surface area contributed by atoms with Crippen LogP contribution in [0.1, 0.15) is 37.7 Å². The van der Waals surface area contributed by atoms with E-state index in [0.717, 1.165) is 42.5 Å². The zero-order chi connectivity index (χ0) is 32.5. The van der Waals surface area contributed by atoms with Crippen LogP contribution >= 0.6 is 0 Å².